The summed E-state index contributed by atoms with van der Waals surface area (Å²) in [4.78, 5) is 16.1. The largest absolute Gasteiger partial charge is 0.465 e. The molecule has 1 aromatic heterocycles. The van der Waals surface area contributed by atoms with Crippen molar-refractivity contribution in [3.8, 4) is 11.3 Å². The fourth-order valence-corrected chi connectivity index (χ4v) is 2.27. The van der Waals surface area contributed by atoms with E-state index in [0.29, 0.717) is 20.7 Å². The summed E-state index contributed by atoms with van der Waals surface area (Å²) < 4.78 is 4.69. The number of thiazole rings is 1. The van der Waals surface area contributed by atoms with Gasteiger partial charge in [-0.25, -0.2) is 9.78 Å². The quantitative estimate of drug-likeness (QED) is 0.851. The number of nitrogens with zero attached hydrogens (tertiary/aromatic N) is 1. The minimum atomic E-state index is -0.441. The molecule has 17 heavy (non-hydrogen) atoms. The van der Waals surface area contributed by atoms with Crippen molar-refractivity contribution in [3.05, 3.63) is 34.2 Å². The number of hydrogen-bond acceptors (Lipinski definition) is 5. The number of esters is 1. The number of halogens is 1. The summed E-state index contributed by atoms with van der Waals surface area (Å²) in [6.45, 7) is 0. The van der Waals surface area contributed by atoms with Crippen LogP contribution in [0.4, 0.5) is 5.13 Å². The molecular weight excluding hydrogens is 260 g/mol. The van der Waals surface area contributed by atoms with Crippen molar-refractivity contribution < 1.29 is 9.53 Å². The molecule has 0 bridgehead atoms. The molecular formula is C11H9ClN2O2S. The van der Waals surface area contributed by atoms with Crippen LogP contribution in [0.3, 0.4) is 0 Å². The lowest BCUT2D eigenvalue weighted by molar-refractivity contribution is 0.0607. The normalized spacial score (nSPS) is 10.2. The van der Waals surface area contributed by atoms with E-state index in [4.69, 9.17) is 17.3 Å². The van der Waals surface area contributed by atoms with Gasteiger partial charge < -0.3 is 10.5 Å². The Morgan fingerprint density at radius 1 is 1.41 bits per heavy atom. The maximum Gasteiger partial charge on any atom is 0.350 e. The topological polar surface area (TPSA) is 65.2 Å². The molecule has 1 heterocycles. The number of hydrogen-bond donors (Lipinski definition) is 1. The zero-order chi connectivity index (χ0) is 12.4. The molecule has 0 saturated carbocycles. The molecule has 0 spiro atoms. The highest BCUT2D eigenvalue weighted by atomic mass is 35.5. The van der Waals surface area contributed by atoms with Crippen LogP contribution < -0.4 is 5.73 Å². The maximum absolute atomic E-state index is 11.6. The smallest absolute Gasteiger partial charge is 0.350 e. The van der Waals surface area contributed by atoms with Crippen LogP contribution in [0.5, 0.6) is 0 Å². The number of aromatic nitrogens is 1. The average molecular weight is 269 g/mol. The van der Waals surface area contributed by atoms with Gasteiger partial charge in [0, 0.05) is 10.6 Å². The van der Waals surface area contributed by atoms with E-state index in [1.807, 2.05) is 0 Å². The van der Waals surface area contributed by atoms with E-state index in [-0.39, 0.29) is 0 Å². The Labute approximate surface area is 107 Å². The molecule has 88 valence electrons. The molecule has 0 atom stereocenters. The number of benzene rings is 1. The van der Waals surface area contributed by atoms with Gasteiger partial charge in [0.25, 0.3) is 0 Å². The Kier molecular flexibility index (Phi) is 3.31. The fraction of sp³-hybridized carbons (Fsp3) is 0.0909. The molecule has 2 N–H and O–H groups in total. The summed E-state index contributed by atoms with van der Waals surface area (Å²) in [5.41, 5.74) is 6.92. The van der Waals surface area contributed by atoms with Gasteiger partial charge in [-0.1, -0.05) is 35.1 Å². The molecule has 0 amide bonds. The Morgan fingerprint density at radius 2 is 2.06 bits per heavy atom. The molecule has 0 aliphatic rings. The number of rotatable bonds is 2. The number of methoxy groups -OCH3 is 1. The number of ether oxygens (including phenoxy) is 1. The third-order valence-corrected chi connectivity index (χ3v) is 3.25. The summed E-state index contributed by atoms with van der Waals surface area (Å²) >= 11 is 6.91. The first-order valence-corrected chi connectivity index (χ1v) is 5.92. The van der Waals surface area contributed by atoms with Crippen LogP contribution in [0, 0.1) is 0 Å². The number of carbonyl (C=O) groups is 1. The van der Waals surface area contributed by atoms with Crippen molar-refractivity contribution in [1.29, 1.82) is 0 Å². The molecule has 2 rings (SSSR count). The highest BCUT2D eigenvalue weighted by Crippen LogP contribution is 2.30. The lowest BCUT2D eigenvalue weighted by Crippen LogP contribution is -2.00. The zero-order valence-corrected chi connectivity index (χ0v) is 10.5. The predicted octanol–water partition coefficient (Wildman–Crippen LogP) is 2.83. The molecule has 0 aliphatic heterocycles. The van der Waals surface area contributed by atoms with Gasteiger partial charge >= 0.3 is 5.97 Å². The summed E-state index contributed by atoms with van der Waals surface area (Å²) in [6, 6.07) is 7.02. The second-order valence-electron chi connectivity index (χ2n) is 3.23. The van der Waals surface area contributed by atoms with Crippen LogP contribution in [0.15, 0.2) is 24.3 Å². The summed E-state index contributed by atoms with van der Waals surface area (Å²) in [5.74, 6) is -0.441. The van der Waals surface area contributed by atoms with Gasteiger partial charge in [-0.05, 0) is 12.1 Å². The molecule has 0 unspecified atom stereocenters. The first-order valence-electron chi connectivity index (χ1n) is 4.72. The first-order chi connectivity index (χ1) is 8.11. The van der Waals surface area contributed by atoms with Crippen LogP contribution in [0.1, 0.15) is 9.67 Å². The Balaban J connectivity index is 2.51. The number of carbonyl (C=O) groups excluding carboxylic acids is 1. The molecule has 0 fully saturated rings. The second-order valence-corrected chi connectivity index (χ2v) is 4.70. The molecule has 1 aromatic carbocycles. The molecule has 6 heteroatoms. The van der Waals surface area contributed by atoms with E-state index in [1.54, 1.807) is 24.3 Å². The van der Waals surface area contributed by atoms with Crippen molar-refractivity contribution in [1.82, 2.24) is 4.98 Å². The minimum Gasteiger partial charge on any atom is -0.465 e. The van der Waals surface area contributed by atoms with E-state index in [9.17, 15) is 4.79 Å². The van der Waals surface area contributed by atoms with Crippen molar-refractivity contribution in [2.75, 3.05) is 12.8 Å². The molecule has 0 aliphatic carbocycles. The summed E-state index contributed by atoms with van der Waals surface area (Å²) in [5, 5.41) is 0.951. The number of anilines is 1. The van der Waals surface area contributed by atoms with Crippen LogP contribution in [0.25, 0.3) is 11.3 Å². The van der Waals surface area contributed by atoms with Gasteiger partial charge in [-0.3, -0.25) is 0 Å². The van der Waals surface area contributed by atoms with E-state index >= 15 is 0 Å². The van der Waals surface area contributed by atoms with Crippen molar-refractivity contribution >= 4 is 34.0 Å². The Morgan fingerprint density at radius 3 is 2.65 bits per heavy atom. The monoisotopic (exact) mass is 268 g/mol. The highest BCUT2D eigenvalue weighted by Gasteiger charge is 2.18. The SMILES string of the molecule is COC(=O)c1sc(N)nc1-c1ccc(Cl)cc1. The molecule has 4 nitrogen and oxygen atoms in total. The fourth-order valence-electron chi connectivity index (χ4n) is 1.37. The van der Waals surface area contributed by atoms with Gasteiger partial charge in [0.1, 0.15) is 4.88 Å². The lowest BCUT2D eigenvalue weighted by atomic mass is 10.1. The van der Waals surface area contributed by atoms with Gasteiger partial charge in [0.15, 0.2) is 5.13 Å². The third kappa shape index (κ3) is 2.40. The average Bonchev–Trinajstić information content (AvgIpc) is 2.71. The van der Waals surface area contributed by atoms with Gasteiger partial charge in [0.2, 0.25) is 0 Å². The van der Waals surface area contributed by atoms with Gasteiger partial charge in [0.05, 0.1) is 12.8 Å². The number of nitrogens with two attached hydrogens (primary N) is 1. The van der Waals surface area contributed by atoms with Crippen molar-refractivity contribution in [2.45, 2.75) is 0 Å². The third-order valence-electron chi connectivity index (χ3n) is 2.13. The first kappa shape index (κ1) is 11.9. The van der Waals surface area contributed by atoms with Crippen molar-refractivity contribution in [2.24, 2.45) is 0 Å². The lowest BCUT2D eigenvalue weighted by Gasteiger charge is -2.00. The van der Waals surface area contributed by atoms with Gasteiger partial charge in [-0.15, -0.1) is 0 Å². The van der Waals surface area contributed by atoms with Crippen LogP contribution in [-0.2, 0) is 4.74 Å². The van der Waals surface area contributed by atoms with E-state index in [1.165, 1.54) is 7.11 Å². The minimum absolute atomic E-state index is 0.329. The maximum atomic E-state index is 11.6. The molecule has 0 radical (unpaired) electrons. The number of nitrogen functional groups attached to an aromatic ring is 1. The Bertz CT molecular complexity index is 551. The summed E-state index contributed by atoms with van der Waals surface area (Å²) in [7, 11) is 1.32. The van der Waals surface area contributed by atoms with Crippen LogP contribution in [0.2, 0.25) is 5.02 Å². The standard InChI is InChI=1S/C11H9ClN2O2S/c1-16-10(15)9-8(14-11(13)17-9)6-2-4-7(12)5-3-6/h2-5H,1H3,(H2,13,14). The predicted molar refractivity (Wildman–Crippen MR) is 68.3 cm³/mol. The Hall–Kier alpha value is -1.59. The molecule has 2 aromatic rings. The van der Waals surface area contributed by atoms with Crippen molar-refractivity contribution in [3.63, 3.8) is 0 Å². The van der Waals surface area contributed by atoms with E-state index < -0.39 is 5.97 Å². The van der Waals surface area contributed by atoms with E-state index in [2.05, 4.69) is 9.72 Å². The summed E-state index contributed by atoms with van der Waals surface area (Å²) in [6.07, 6.45) is 0. The van der Waals surface area contributed by atoms with Crippen LogP contribution >= 0.6 is 22.9 Å². The highest BCUT2D eigenvalue weighted by molar-refractivity contribution is 7.17. The van der Waals surface area contributed by atoms with Crippen LogP contribution in [-0.4, -0.2) is 18.1 Å². The van der Waals surface area contributed by atoms with Gasteiger partial charge in [-0.2, -0.15) is 0 Å². The zero-order valence-electron chi connectivity index (χ0n) is 8.94. The second kappa shape index (κ2) is 4.73. The van der Waals surface area contributed by atoms with E-state index in [0.717, 1.165) is 16.9 Å². The molecule has 0 saturated heterocycles.